The number of hydrogen-bond donors (Lipinski definition) is 1. The minimum absolute atomic E-state index is 0.0999. The lowest BCUT2D eigenvalue weighted by Crippen LogP contribution is -3.15. The highest BCUT2D eigenvalue weighted by Crippen LogP contribution is 2.19. The van der Waals surface area contributed by atoms with E-state index >= 15 is 0 Å². The van der Waals surface area contributed by atoms with Crippen LogP contribution < -0.4 is 9.80 Å². The van der Waals surface area contributed by atoms with Crippen LogP contribution in [0.1, 0.15) is 11.5 Å². The number of nitro groups is 1. The van der Waals surface area contributed by atoms with Gasteiger partial charge < -0.3 is 19.1 Å². The Morgan fingerprint density at radius 1 is 1.22 bits per heavy atom. The number of quaternary nitrogens is 1. The van der Waals surface area contributed by atoms with Gasteiger partial charge in [-0.25, -0.2) is 0 Å². The third kappa shape index (κ3) is 4.85. The summed E-state index contributed by atoms with van der Waals surface area (Å²) < 4.78 is 5.53. The molecule has 1 amide bonds. The van der Waals surface area contributed by atoms with Crippen LogP contribution in [0.15, 0.2) is 40.8 Å². The molecular formula is C19H25N4O4+. The van der Waals surface area contributed by atoms with E-state index in [0.29, 0.717) is 13.1 Å². The molecule has 1 aliphatic rings. The van der Waals surface area contributed by atoms with Gasteiger partial charge in [0, 0.05) is 24.9 Å². The smallest absolute Gasteiger partial charge is 0.277 e. The molecule has 1 aromatic carbocycles. The molecule has 1 aromatic heterocycles. The minimum Gasteiger partial charge on any atom is -0.464 e. The molecular weight excluding hydrogens is 348 g/mol. The van der Waals surface area contributed by atoms with E-state index in [9.17, 15) is 14.9 Å². The molecule has 0 aliphatic carbocycles. The number of anilines is 1. The summed E-state index contributed by atoms with van der Waals surface area (Å²) in [6.07, 6.45) is 0. The number of furan rings is 1. The Bertz CT molecular complexity index is 794. The van der Waals surface area contributed by atoms with Crippen LogP contribution in [-0.2, 0) is 11.3 Å². The van der Waals surface area contributed by atoms with Crippen LogP contribution in [0.5, 0.6) is 0 Å². The summed E-state index contributed by atoms with van der Waals surface area (Å²) in [4.78, 5) is 28.0. The van der Waals surface area contributed by atoms with Crippen LogP contribution in [0.3, 0.4) is 0 Å². The van der Waals surface area contributed by atoms with E-state index in [2.05, 4.69) is 4.90 Å². The van der Waals surface area contributed by atoms with Crippen molar-refractivity contribution >= 4 is 17.3 Å². The Morgan fingerprint density at radius 2 is 1.89 bits per heavy atom. The first-order valence-corrected chi connectivity index (χ1v) is 9.04. The summed E-state index contributed by atoms with van der Waals surface area (Å²) in [6, 6.07) is 10.4. The van der Waals surface area contributed by atoms with Gasteiger partial charge in [-0.1, -0.05) is 0 Å². The largest absolute Gasteiger partial charge is 0.464 e. The number of aryl methyl sites for hydroxylation is 1. The van der Waals surface area contributed by atoms with E-state index in [0.717, 1.165) is 43.4 Å². The molecule has 0 bridgehead atoms. The quantitative estimate of drug-likeness (QED) is 0.600. The Labute approximate surface area is 158 Å². The lowest BCUT2D eigenvalue weighted by Gasteiger charge is -2.33. The number of piperazine rings is 1. The van der Waals surface area contributed by atoms with Gasteiger partial charge in [0.15, 0.2) is 6.54 Å². The third-order valence-electron chi connectivity index (χ3n) is 4.91. The van der Waals surface area contributed by atoms with Gasteiger partial charge in [-0.15, -0.1) is 0 Å². The standard InChI is InChI=1S/C19H24N4O4/c1-15-3-8-18(27-15)13-20(2)19(24)14-21-9-11-22(12-10-21)16-4-6-17(7-5-16)23(25)26/h3-8H,9-14H2,1-2H3/p+1. The zero-order valence-electron chi connectivity index (χ0n) is 15.7. The second-order valence-electron chi connectivity index (χ2n) is 6.95. The maximum absolute atomic E-state index is 12.5. The molecule has 0 atom stereocenters. The number of benzene rings is 1. The fraction of sp³-hybridized carbons (Fsp3) is 0.421. The molecule has 1 N–H and O–H groups in total. The number of nitrogens with one attached hydrogen (secondary N) is 1. The minimum atomic E-state index is -0.391. The van der Waals surface area contributed by atoms with E-state index in [1.165, 1.54) is 17.0 Å². The van der Waals surface area contributed by atoms with Crippen LogP contribution in [0, 0.1) is 17.0 Å². The van der Waals surface area contributed by atoms with Gasteiger partial charge in [-0.3, -0.25) is 14.9 Å². The van der Waals surface area contributed by atoms with Gasteiger partial charge in [0.25, 0.3) is 11.6 Å². The van der Waals surface area contributed by atoms with Crippen molar-refractivity contribution in [1.82, 2.24) is 4.90 Å². The number of nitrogens with zero attached hydrogens (tertiary/aromatic N) is 3. The van der Waals surface area contributed by atoms with Crippen molar-refractivity contribution in [3.63, 3.8) is 0 Å². The SMILES string of the molecule is Cc1ccc(CN(C)C(=O)C[NH+]2CCN(c3ccc([N+](=O)[O-])cc3)CC2)o1. The molecule has 0 spiro atoms. The van der Waals surface area contributed by atoms with Gasteiger partial charge in [-0.2, -0.15) is 0 Å². The summed E-state index contributed by atoms with van der Waals surface area (Å²) in [5.74, 6) is 1.74. The molecule has 3 rings (SSSR count). The van der Waals surface area contributed by atoms with E-state index in [4.69, 9.17) is 4.42 Å². The average Bonchev–Trinajstić information content (AvgIpc) is 3.07. The first-order valence-electron chi connectivity index (χ1n) is 9.04. The molecule has 8 heteroatoms. The first kappa shape index (κ1) is 18.9. The number of hydrogen-bond acceptors (Lipinski definition) is 5. The van der Waals surface area contributed by atoms with Crippen LogP contribution in [0.2, 0.25) is 0 Å². The maximum Gasteiger partial charge on any atom is 0.277 e. The Morgan fingerprint density at radius 3 is 2.44 bits per heavy atom. The van der Waals surface area contributed by atoms with Crippen LogP contribution in [-0.4, -0.2) is 55.5 Å². The molecule has 0 radical (unpaired) electrons. The molecule has 8 nitrogen and oxygen atoms in total. The summed E-state index contributed by atoms with van der Waals surface area (Å²) in [7, 11) is 1.80. The second kappa shape index (κ2) is 8.22. The van der Waals surface area contributed by atoms with Crippen LogP contribution in [0.25, 0.3) is 0 Å². The summed E-state index contributed by atoms with van der Waals surface area (Å²) >= 11 is 0. The number of likely N-dealkylation sites (N-methyl/N-ethyl adjacent to an activating group) is 1. The van der Waals surface area contributed by atoms with Crippen LogP contribution >= 0.6 is 0 Å². The Hall–Kier alpha value is -2.87. The molecule has 1 aliphatic heterocycles. The van der Waals surface area contributed by atoms with Crippen molar-refractivity contribution < 1.29 is 19.0 Å². The Balaban J connectivity index is 1.47. The highest BCUT2D eigenvalue weighted by molar-refractivity contribution is 5.76. The van der Waals surface area contributed by atoms with Gasteiger partial charge >= 0.3 is 0 Å². The molecule has 1 saturated heterocycles. The summed E-state index contributed by atoms with van der Waals surface area (Å²) in [5.41, 5.74) is 1.08. The third-order valence-corrected chi connectivity index (χ3v) is 4.91. The Kier molecular flexibility index (Phi) is 5.75. The zero-order chi connectivity index (χ0) is 19.4. The number of carbonyl (C=O) groups is 1. The number of amides is 1. The topological polar surface area (TPSA) is 84.3 Å². The van der Waals surface area contributed by atoms with E-state index in [1.54, 1.807) is 24.1 Å². The van der Waals surface area contributed by atoms with E-state index in [-0.39, 0.29) is 11.6 Å². The van der Waals surface area contributed by atoms with Crippen molar-refractivity contribution in [1.29, 1.82) is 0 Å². The fourth-order valence-corrected chi connectivity index (χ4v) is 3.28. The lowest BCUT2D eigenvalue weighted by atomic mass is 10.2. The van der Waals surface area contributed by atoms with Gasteiger partial charge in [0.1, 0.15) is 11.5 Å². The molecule has 27 heavy (non-hydrogen) atoms. The predicted molar refractivity (Wildman–Crippen MR) is 101 cm³/mol. The molecule has 0 unspecified atom stereocenters. The maximum atomic E-state index is 12.5. The lowest BCUT2D eigenvalue weighted by molar-refractivity contribution is -0.892. The van der Waals surface area contributed by atoms with Gasteiger partial charge in [0.2, 0.25) is 0 Å². The van der Waals surface area contributed by atoms with Crippen molar-refractivity contribution in [2.75, 3.05) is 44.7 Å². The second-order valence-corrected chi connectivity index (χ2v) is 6.95. The molecule has 2 aromatic rings. The molecule has 1 fully saturated rings. The summed E-state index contributed by atoms with van der Waals surface area (Å²) in [5, 5.41) is 10.8. The summed E-state index contributed by atoms with van der Waals surface area (Å²) in [6.45, 7) is 6.19. The first-order chi connectivity index (χ1) is 12.9. The number of non-ortho nitro benzene ring substituents is 1. The number of rotatable bonds is 6. The molecule has 144 valence electrons. The average molecular weight is 373 g/mol. The number of carbonyl (C=O) groups excluding carboxylic acids is 1. The number of nitro benzene ring substituents is 1. The van der Waals surface area contributed by atoms with Crippen molar-refractivity contribution in [3.05, 3.63) is 58.0 Å². The van der Waals surface area contributed by atoms with E-state index < -0.39 is 4.92 Å². The van der Waals surface area contributed by atoms with Crippen molar-refractivity contribution in [2.24, 2.45) is 0 Å². The fourth-order valence-electron chi connectivity index (χ4n) is 3.28. The van der Waals surface area contributed by atoms with Crippen molar-refractivity contribution in [3.8, 4) is 0 Å². The molecule has 2 heterocycles. The highest BCUT2D eigenvalue weighted by Gasteiger charge is 2.24. The van der Waals surface area contributed by atoms with Crippen LogP contribution in [0.4, 0.5) is 11.4 Å². The predicted octanol–water partition coefficient (Wildman–Crippen LogP) is 0.860. The highest BCUT2D eigenvalue weighted by atomic mass is 16.6. The van der Waals surface area contributed by atoms with E-state index in [1.807, 2.05) is 19.1 Å². The van der Waals surface area contributed by atoms with Gasteiger partial charge in [-0.05, 0) is 31.2 Å². The monoisotopic (exact) mass is 373 g/mol. The van der Waals surface area contributed by atoms with Crippen molar-refractivity contribution in [2.45, 2.75) is 13.5 Å². The normalized spacial score (nSPS) is 15.0. The molecule has 0 saturated carbocycles. The zero-order valence-corrected chi connectivity index (χ0v) is 15.7. The van der Waals surface area contributed by atoms with Gasteiger partial charge in [0.05, 0.1) is 37.6 Å².